The molecular weight excluding hydrogens is 368 g/mol. The second-order valence-electron chi connectivity index (χ2n) is 7.10. The highest BCUT2D eigenvalue weighted by molar-refractivity contribution is 6.00. The highest BCUT2D eigenvalue weighted by atomic mass is 16.5. The SMILES string of the molecule is Cc1c(O)cc(O)c(C(=O)N2CCc3ncccc3C2)c1OCc1ccccc1. The second kappa shape index (κ2) is 7.83. The van der Waals surface area contributed by atoms with Gasteiger partial charge in [-0.3, -0.25) is 9.78 Å². The first-order chi connectivity index (χ1) is 14.0. The van der Waals surface area contributed by atoms with Crippen molar-refractivity contribution in [1.82, 2.24) is 9.88 Å². The number of phenolic OH excluding ortho intramolecular Hbond substituents is 2. The zero-order chi connectivity index (χ0) is 20.4. The molecule has 3 aromatic rings. The number of rotatable bonds is 4. The molecule has 29 heavy (non-hydrogen) atoms. The van der Waals surface area contributed by atoms with Gasteiger partial charge in [0.15, 0.2) is 0 Å². The highest BCUT2D eigenvalue weighted by Gasteiger charge is 2.29. The maximum atomic E-state index is 13.3. The van der Waals surface area contributed by atoms with Crippen LogP contribution in [-0.2, 0) is 19.6 Å². The van der Waals surface area contributed by atoms with Gasteiger partial charge in [0.2, 0.25) is 0 Å². The van der Waals surface area contributed by atoms with Crippen molar-refractivity contribution in [3.05, 3.63) is 82.7 Å². The van der Waals surface area contributed by atoms with Crippen LogP contribution in [0.1, 0.15) is 32.7 Å². The van der Waals surface area contributed by atoms with E-state index in [0.717, 1.165) is 16.8 Å². The summed E-state index contributed by atoms with van der Waals surface area (Å²) in [5.74, 6) is -0.537. The van der Waals surface area contributed by atoms with E-state index in [-0.39, 0.29) is 35.3 Å². The van der Waals surface area contributed by atoms with Gasteiger partial charge in [0.1, 0.15) is 29.4 Å². The van der Waals surface area contributed by atoms with Crippen LogP contribution in [0.25, 0.3) is 0 Å². The minimum Gasteiger partial charge on any atom is -0.507 e. The molecule has 0 atom stereocenters. The Morgan fingerprint density at radius 3 is 2.72 bits per heavy atom. The third kappa shape index (κ3) is 3.74. The standard InChI is InChI=1S/C23H22N2O4/c1-15-19(26)12-20(27)21(22(15)29-14-16-6-3-2-4-7-16)23(28)25-11-9-18-17(13-25)8-5-10-24-18/h2-8,10,12,26-27H,9,11,13-14H2,1H3. The minimum absolute atomic E-state index is 0.0728. The first-order valence-electron chi connectivity index (χ1n) is 9.49. The number of ether oxygens (including phenoxy) is 1. The van der Waals surface area contributed by atoms with Gasteiger partial charge in [0.25, 0.3) is 5.91 Å². The van der Waals surface area contributed by atoms with Crippen LogP contribution in [-0.4, -0.2) is 32.5 Å². The molecule has 0 radical (unpaired) electrons. The van der Waals surface area contributed by atoms with Gasteiger partial charge in [0, 0.05) is 43.0 Å². The number of amides is 1. The van der Waals surface area contributed by atoms with E-state index in [0.29, 0.717) is 25.1 Å². The van der Waals surface area contributed by atoms with Gasteiger partial charge in [-0.25, -0.2) is 0 Å². The summed E-state index contributed by atoms with van der Waals surface area (Å²) in [7, 11) is 0. The molecule has 0 spiro atoms. The number of pyridine rings is 1. The summed E-state index contributed by atoms with van der Waals surface area (Å²) >= 11 is 0. The number of aromatic hydroxyl groups is 2. The Balaban J connectivity index is 1.65. The lowest BCUT2D eigenvalue weighted by molar-refractivity contribution is 0.0725. The zero-order valence-electron chi connectivity index (χ0n) is 16.1. The summed E-state index contributed by atoms with van der Waals surface area (Å²) in [5.41, 5.74) is 3.40. The van der Waals surface area contributed by atoms with Crippen LogP contribution in [0.4, 0.5) is 0 Å². The molecule has 2 heterocycles. The molecule has 2 N–H and O–H groups in total. The van der Waals surface area contributed by atoms with Crippen molar-refractivity contribution < 1.29 is 19.7 Å². The van der Waals surface area contributed by atoms with Gasteiger partial charge in [-0.1, -0.05) is 36.4 Å². The summed E-state index contributed by atoms with van der Waals surface area (Å²) in [6, 6.07) is 14.5. The van der Waals surface area contributed by atoms with Crippen LogP contribution < -0.4 is 4.74 Å². The predicted octanol–water partition coefficient (Wildman–Crippen LogP) is 3.58. The van der Waals surface area contributed by atoms with Crippen LogP contribution in [0.2, 0.25) is 0 Å². The lowest BCUT2D eigenvalue weighted by atomic mass is 10.0. The van der Waals surface area contributed by atoms with E-state index in [9.17, 15) is 15.0 Å². The van der Waals surface area contributed by atoms with Crippen molar-refractivity contribution in [3.8, 4) is 17.2 Å². The lowest BCUT2D eigenvalue weighted by Gasteiger charge is -2.29. The topological polar surface area (TPSA) is 82.9 Å². The third-order valence-corrected chi connectivity index (χ3v) is 5.17. The van der Waals surface area contributed by atoms with Gasteiger partial charge in [-0.15, -0.1) is 0 Å². The number of hydrogen-bond donors (Lipinski definition) is 2. The Labute approximate surface area is 169 Å². The van der Waals surface area contributed by atoms with Gasteiger partial charge >= 0.3 is 0 Å². The van der Waals surface area contributed by atoms with Crippen molar-refractivity contribution in [2.24, 2.45) is 0 Å². The van der Waals surface area contributed by atoms with E-state index < -0.39 is 0 Å². The molecule has 1 aliphatic heterocycles. The van der Waals surface area contributed by atoms with Gasteiger partial charge < -0.3 is 19.8 Å². The molecule has 0 saturated carbocycles. The van der Waals surface area contributed by atoms with E-state index >= 15 is 0 Å². The van der Waals surface area contributed by atoms with Crippen molar-refractivity contribution in [1.29, 1.82) is 0 Å². The Kier molecular flexibility index (Phi) is 5.08. The van der Waals surface area contributed by atoms with Gasteiger partial charge in [0.05, 0.1) is 0 Å². The number of benzene rings is 2. The fourth-order valence-electron chi connectivity index (χ4n) is 3.54. The van der Waals surface area contributed by atoms with Crippen molar-refractivity contribution in [2.45, 2.75) is 26.5 Å². The molecule has 0 aliphatic carbocycles. The molecule has 0 unspecified atom stereocenters. The number of carbonyl (C=O) groups is 1. The molecule has 0 saturated heterocycles. The van der Waals surface area contributed by atoms with E-state index in [2.05, 4.69) is 4.98 Å². The summed E-state index contributed by atoms with van der Waals surface area (Å²) in [6.07, 6.45) is 2.40. The van der Waals surface area contributed by atoms with Crippen LogP contribution in [0, 0.1) is 6.92 Å². The quantitative estimate of drug-likeness (QED) is 0.712. The first kappa shape index (κ1) is 18.8. The minimum atomic E-state index is -0.330. The number of nitrogens with zero attached hydrogens (tertiary/aromatic N) is 2. The Morgan fingerprint density at radius 2 is 1.93 bits per heavy atom. The molecule has 0 bridgehead atoms. The van der Waals surface area contributed by atoms with Crippen LogP contribution in [0.15, 0.2) is 54.7 Å². The summed E-state index contributed by atoms with van der Waals surface area (Å²) in [4.78, 5) is 19.3. The Hall–Kier alpha value is -3.54. The second-order valence-corrected chi connectivity index (χ2v) is 7.10. The number of fused-ring (bicyclic) bond motifs is 1. The van der Waals surface area contributed by atoms with Crippen molar-refractivity contribution in [2.75, 3.05) is 6.54 Å². The van der Waals surface area contributed by atoms with E-state index in [1.165, 1.54) is 6.07 Å². The predicted molar refractivity (Wildman–Crippen MR) is 108 cm³/mol. The average molecular weight is 390 g/mol. The maximum absolute atomic E-state index is 13.3. The van der Waals surface area contributed by atoms with Crippen LogP contribution >= 0.6 is 0 Å². The number of hydrogen-bond acceptors (Lipinski definition) is 5. The maximum Gasteiger partial charge on any atom is 0.261 e. The normalized spacial score (nSPS) is 13.1. The fraction of sp³-hybridized carbons (Fsp3) is 0.217. The van der Waals surface area contributed by atoms with Gasteiger partial charge in [-0.05, 0) is 24.1 Å². The van der Waals surface area contributed by atoms with E-state index in [1.807, 2.05) is 42.5 Å². The first-order valence-corrected chi connectivity index (χ1v) is 9.49. The smallest absolute Gasteiger partial charge is 0.261 e. The monoisotopic (exact) mass is 390 g/mol. The van der Waals surface area contributed by atoms with E-state index in [4.69, 9.17) is 4.74 Å². The average Bonchev–Trinajstić information content (AvgIpc) is 2.75. The molecule has 148 valence electrons. The molecule has 1 amide bonds. The molecule has 4 rings (SSSR count). The lowest BCUT2D eigenvalue weighted by Crippen LogP contribution is -2.36. The fourth-order valence-corrected chi connectivity index (χ4v) is 3.54. The molecule has 0 fully saturated rings. The summed E-state index contributed by atoms with van der Waals surface area (Å²) in [5, 5.41) is 20.6. The molecule has 6 heteroatoms. The molecule has 6 nitrogen and oxygen atoms in total. The molecule has 1 aromatic heterocycles. The highest BCUT2D eigenvalue weighted by Crippen LogP contribution is 2.39. The van der Waals surface area contributed by atoms with Gasteiger partial charge in [-0.2, -0.15) is 0 Å². The molecule has 1 aliphatic rings. The third-order valence-electron chi connectivity index (χ3n) is 5.17. The van der Waals surface area contributed by atoms with E-state index in [1.54, 1.807) is 18.0 Å². The number of aromatic nitrogens is 1. The summed E-state index contributed by atoms with van der Waals surface area (Å²) < 4.78 is 5.92. The zero-order valence-corrected chi connectivity index (χ0v) is 16.1. The van der Waals surface area contributed by atoms with Crippen LogP contribution in [0.3, 0.4) is 0 Å². The summed E-state index contributed by atoms with van der Waals surface area (Å²) in [6.45, 7) is 2.80. The van der Waals surface area contributed by atoms with Crippen LogP contribution in [0.5, 0.6) is 17.2 Å². The number of phenols is 2. The van der Waals surface area contributed by atoms with Crippen molar-refractivity contribution >= 4 is 5.91 Å². The largest absolute Gasteiger partial charge is 0.507 e. The Bertz CT molecular complexity index is 1050. The van der Waals surface area contributed by atoms with Crippen molar-refractivity contribution in [3.63, 3.8) is 0 Å². The number of carbonyl (C=O) groups excluding carboxylic acids is 1. The molecule has 2 aromatic carbocycles. The Morgan fingerprint density at radius 1 is 1.14 bits per heavy atom. The molecular formula is C23H22N2O4.